The molecule has 0 amide bonds. The topological polar surface area (TPSA) is 72.8 Å². The summed E-state index contributed by atoms with van der Waals surface area (Å²) >= 11 is 0. The molecule has 0 radical (unpaired) electrons. The predicted octanol–water partition coefficient (Wildman–Crippen LogP) is 0.406. The maximum Gasteiger partial charge on any atom is 0.439 e. The molecule has 0 heterocycles. The third-order valence-electron chi connectivity index (χ3n) is 1.55. The summed E-state index contributed by atoms with van der Waals surface area (Å²) in [4.78, 5) is 21.9. The van der Waals surface area contributed by atoms with Crippen molar-refractivity contribution < 1.29 is 37.3 Å². The summed E-state index contributed by atoms with van der Waals surface area (Å²) in [6.45, 7) is 1.66. The number of carbonyl (C=O) groups excluding carboxylic acids is 2. The molecule has 0 aliphatic carbocycles. The van der Waals surface area contributed by atoms with E-state index in [1.54, 1.807) is 0 Å². The number of esters is 2. The highest BCUT2D eigenvalue weighted by Gasteiger charge is 2.68. The molecule has 0 aromatic carbocycles. The van der Waals surface area contributed by atoms with Crippen LogP contribution in [0.5, 0.6) is 0 Å². The van der Waals surface area contributed by atoms with Gasteiger partial charge in [-0.05, 0) is 13.8 Å². The number of rotatable bonds is 4. The summed E-state index contributed by atoms with van der Waals surface area (Å²) in [7, 11) is 0. The molecule has 0 aliphatic rings. The lowest BCUT2D eigenvalue weighted by molar-refractivity contribution is -0.263. The van der Waals surface area contributed by atoms with Gasteiger partial charge in [0.25, 0.3) is 0 Å². The van der Waals surface area contributed by atoms with Crippen LogP contribution < -0.4 is 0 Å². The summed E-state index contributed by atoms with van der Waals surface area (Å²) in [5.41, 5.74) is -4.26. The lowest BCUT2D eigenvalue weighted by Crippen LogP contribution is -2.59. The van der Waals surface area contributed by atoms with E-state index in [1.807, 2.05) is 0 Å². The molecule has 5 nitrogen and oxygen atoms in total. The van der Waals surface area contributed by atoms with Crippen molar-refractivity contribution in [1.29, 1.82) is 0 Å². The molecule has 0 aromatic heterocycles. The molecule has 0 unspecified atom stereocenters. The van der Waals surface area contributed by atoms with Gasteiger partial charge >= 0.3 is 23.7 Å². The van der Waals surface area contributed by atoms with Gasteiger partial charge in [0.05, 0.1) is 13.2 Å². The number of aliphatic hydroxyl groups is 1. The molecular weight excluding hydrogens is 233 g/mol. The van der Waals surface area contributed by atoms with Crippen molar-refractivity contribution in [2.24, 2.45) is 0 Å². The van der Waals surface area contributed by atoms with Crippen molar-refractivity contribution >= 4 is 11.9 Å². The van der Waals surface area contributed by atoms with E-state index >= 15 is 0 Å². The SMILES string of the molecule is CCOC(=O)C(O)(C(=O)OCC)C(F)(F)F. The van der Waals surface area contributed by atoms with Gasteiger partial charge in [0.15, 0.2) is 0 Å². The smallest absolute Gasteiger partial charge is 0.439 e. The Labute approximate surface area is 89.1 Å². The van der Waals surface area contributed by atoms with Crippen LogP contribution in [0.4, 0.5) is 13.2 Å². The van der Waals surface area contributed by atoms with Crippen molar-refractivity contribution in [3.63, 3.8) is 0 Å². The Morgan fingerprint density at radius 2 is 1.38 bits per heavy atom. The fraction of sp³-hybridized carbons (Fsp3) is 0.750. The minimum Gasteiger partial charge on any atom is -0.463 e. The Kier molecular flexibility index (Phi) is 4.73. The summed E-state index contributed by atoms with van der Waals surface area (Å²) in [6, 6.07) is 0. The Balaban J connectivity index is 5.20. The fourth-order valence-electron chi connectivity index (χ4n) is 0.786. The van der Waals surface area contributed by atoms with E-state index in [0.29, 0.717) is 0 Å². The monoisotopic (exact) mass is 244 g/mol. The number of ether oxygens (including phenoxy) is 2. The first kappa shape index (κ1) is 14.7. The quantitative estimate of drug-likeness (QED) is 0.572. The largest absolute Gasteiger partial charge is 0.463 e. The van der Waals surface area contributed by atoms with Gasteiger partial charge in [-0.15, -0.1) is 0 Å². The molecule has 0 aromatic rings. The molecule has 0 saturated carbocycles. The zero-order valence-corrected chi connectivity index (χ0v) is 8.63. The summed E-state index contributed by atoms with van der Waals surface area (Å²) in [6.07, 6.45) is -5.49. The lowest BCUT2D eigenvalue weighted by atomic mass is 10.0. The first-order valence-electron chi connectivity index (χ1n) is 4.35. The summed E-state index contributed by atoms with van der Waals surface area (Å²) in [5, 5.41) is 9.07. The Hall–Kier alpha value is -1.31. The van der Waals surface area contributed by atoms with Crippen LogP contribution in [-0.4, -0.2) is 42.0 Å². The standard InChI is InChI=1S/C8H11F3O5/c1-3-15-5(12)7(14,8(9,10)11)6(13)16-4-2/h14H,3-4H2,1-2H3. The van der Waals surface area contributed by atoms with E-state index in [0.717, 1.165) is 0 Å². The molecule has 0 atom stereocenters. The number of alkyl halides is 3. The van der Waals surface area contributed by atoms with Gasteiger partial charge in [-0.3, -0.25) is 0 Å². The first-order chi connectivity index (χ1) is 7.21. The minimum absolute atomic E-state index is 0.406. The van der Waals surface area contributed by atoms with Crippen LogP contribution in [0.15, 0.2) is 0 Å². The van der Waals surface area contributed by atoms with E-state index in [2.05, 4.69) is 9.47 Å². The fourth-order valence-corrected chi connectivity index (χ4v) is 0.786. The molecule has 0 saturated heterocycles. The molecular formula is C8H11F3O5. The average molecular weight is 244 g/mol. The average Bonchev–Trinajstić information content (AvgIpc) is 2.15. The number of carbonyl (C=O) groups is 2. The summed E-state index contributed by atoms with van der Waals surface area (Å²) < 4.78 is 45.2. The molecule has 0 aliphatic heterocycles. The predicted molar refractivity (Wildman–Crippen MR) is 44.3 cm³/mol. The van der Waals surface area contributed by atoms with Crippen molar-refractivity contribution in [1.82, 2.24) is 0 Å². The minimum atomic E-state index is -5.49. The molecule has 8 heteroatoms. The second-order valence-electron chi connectivity index (χ2n) is 2.65. The van der Waals surface area contributed by atoms with Gasteiger partial charge in [-0.25, -0.2) is 9.59 Å². The molecule has 0 fully saturated rings. The van der Waals surface area contributed by atoms with Crippen molar-refractivity contribution in [2.45, 2.75) is 25.6 Å². The van der Waals surface area contributed by atoms with E-state index in [1.165, 1.54) is 13.8 Å². The van der Waals surface area contributed by atoms with Gasteiger partial charge in [-0.2, -0.15) is 13.2 Å². The second kappa shape index (κ2) is 5.15. The number of halogens is 3. The van der Waals surface area contributed by atoms with Crippen LogP contribution in [0.1, 0.15) is 13.8 Å². The van der Waals surface area contributed by atoms with Gasteiger partial charge in [0.1, 0.15) is 0 Å². The van der Waals surface area contributed by atoms with Gasteiger partial charge in [0.2, 0.25) is 0 Å². The highest BCUT2D eigenvalue weighted by atomic mass is 19.4. The molecule has 1 N–H and O–H groups in total. The Morgan fingerprint density at radius 1 is 1.06 bits per heavy atom. The van der Waals surface area contributed by atoms with Crippen molar-refractivity contribution in [2.75, 3.05) is 13.2 Å². The van der Waals surface area contributed by atoms with Crippen LogP contribution in [0.3, 0.4) is 0 Å². The first-order valence-corrected chi connectivity index (χ1v) is 4.35. The van der Waals surface area contributed by atoms with Crippen molar-refractivity contribution in [3.8, 4) is 0 Å². The number of hydrogen-bond acceptors (Lipinski definition) is 5. The van der Waals surface area contributed by atoms with Gasteiger partial charge in [0, 0.05) is 0 Å². The van der Waals surface area contributed by atoms with E-state index in [-0.39, 0.29) is 0 Å². The third kappa shape index (κ3) is 2.63. The van der Waals surface area contributed by atoms with Crippen LogP contribution in [0.25, 0.3) is 0 Å². The highest BCUT2D eigenvalue weighted by molar-refractivity contribution is 6.04. The number of hydrogen-bond donors (Lipinski definition) is 1. The zero-order valence-electron chi connectivity index (χ0n) is 8.63. The summed E-state index contributed by atoms with van der Waals surface area (Å²) in [5.74, 6) is -4.19. The maximum atomic E-state index is 12.4. The van der Waals surface area contributed by atoms with Crippen LogP contribution in [-0.2, 0) is 19.1 Å². The normalized spacial score (nSPS) is 12.1. The maximum absolute atomic E-state index is 12.4. The van der Waals surface area contributed by atoms with Crippen LogP contribution in [0.2, 0.25) is 0 Å². The van der Waals surface area contributed by atoms with Gasteiger partial charge < -0.3 is 14.6 Å². The molecule has 0 rings (SSSR count). The van der Waals surface area contributed by atoms with E-state index in [4.69, 9.17) is 5.11 Å². The van der Waals surface area contributed by atoms with Crippen LogP contribution >= 0.6 is 0 Å². The third-order valence-corrected chi connectivity index (χ3v) is 1.55. The lowest BCUT2D eigenvalue weighted by Gasteiger charge is -2.25. The Morgan fingerprint density at radius 3 is 1.56 bits per heavy atom. The molecule has 0 spiro atoms. The van der Waals surface area contributed by atoms with E-state index in [9.17, 15) is 22.8 Å². The second-order valence-corrected chi connectivity index (χ2v) is 2.65. The van der Waals surface area contributed by atoms with Gasteiger partial charge in [-0.1, -0.05) is 0 Å². The van der Waals surface area contributed by atoms with E-state index < -0.39 is 36.9 Å². The van der Waals surface area contributed by atoms with Crippen LogP contribution in [0, 0.1) is 0 Å². The molecule has 0 bridgehead atoms. The van der Waals surface area contributed by atoms with Crippen molar-refractivity contribution in [3.05, 3.63) is 0 Å². The zero-order chi connectivity index (χ0) is 13.0. The highest BCUT2D eigenvalue weighted by Crippen LogP contribution is 2.32. The molecule has 16 heavy (non-hydrogen) atoms. The Bertz CT molecular complexity index is 255. The molecule has 94 valence electrons.